The Kier molecular flexibility index (Phi) is 5.22. The number of rotatable bonds is 6. The largest absolute Gasteiger partial charge is 0.497 e. The summed E-state index contributed by atoms with van der Waals surface area (Å²) in [7, 11) is 3.20. The lowest BCUT2D eigenvalue weighted by molar-refractivity contribution is 0.0934. The van der Waals surface area contributed by atoms with Gasteiger partial charge >= 0.3 is 0 Å². The second-order valence-electron chi connectivity index (χ2n) is 5.84. The van der Waals surface area contributed by atoms with Crippen molar-refractivity contribution in [2.24, 2.45) is 0 Å². The smallest absolute Gasteiger partial charge is 0.269 e. The van der Waals surface area contributed by atoms with Gasteiger partial charge in [0.05, 0.1) is 26.0 Å². The van der Waals surface area contributed by atoms with Crippen molar-refractivity contribution < 1.29 is 14.3 Å². The van der Waals surface area contributed by atoms with Crippen LogP contribution in [-0.2, 0) is 0 Å². The van der Waals surface area contributed by atoms with Crippen LogP contribution < -0.4 is 14.8 Å². The molecule has 2 aromatic carbocycles. The van der Waals surface area contributed by atoms with E-state index in [4.69, 9.17) is 9.47 Å². The van der Waals surface area contributed by atoms with Gasteiger partial charge in [-0.15, -0.1) is 0 Å². The van der Waals surface area contributed by atoms with Crippen LogP contribution in [0, 0.1) is 0 Å². The molecule has 6 heteroatoms. The van der Waals surface area contributed by atoms with E-state index in [1.54, 1.807) is 20.3 Å². The van der Waals surface area contributed by atoms with Crippen molar-refractivity contribution in [3.63, 3.8) is 0 Å². The topological polar surface area (TPSA) is 76.2 Å². The molecule has 0 saturated heterocycles. The molecule has 0 aliphatic carbocycles. The highest BCUT2D eigenvalue weighted by atomic mass is 16.5. The van der Waals surface area contributed by atoms with Gasteiger partial charge < -0.3 is 14.8 Å². The number of H-pyrrole nitrogens is 1. The van der Waals surface area contributed by atoms with Gasteiger partial charge in [-0.1, -0.05) is 30.3 Å². The molecule has 1 atom stereocenters. The van der Waals surface area contributed by atoms with Crippen LogP contribution in [0.5, 0.6) is 11.5 Å². The Hall–Kier alpha value is -3.28. The van der Waals surface area contributed by atoms with E-state index in [-0.39, 0.29) is 11.9 Å². The number of ether oxygens (including phenoxy) is 2. The molecule has 0 radical (unpaired) electrons. The lowest BCUT2D eigenvalue weighted by Crippen LogP contribution is -2.27. The standard InChI is InChI=1S/C20H21N3O3/c1-13(16-11-15(25-2)9-10-19(16)26-3)21-20(24)18-12-17(22-23-18)14-7-5-4-6-8-14/h4-13H,1-3H3,(H,21,24)(H,22,23). The minimum absolute atomic E-state index is 0.239. The van der Waals surface area contributed by atoms with Crippen molar-refractivity contribution in [2.75, 3.05) is 14.2 Å². The van der Waals surface area contributed by atoms with Crippen molar-refractivity contribution in [3.05, 3.63) is 65.9 Å². The average Bonchev–Trinajstić information content (AvgIpc) is 3.18. The van der Waals surface area contributed by atoms with Crippen molar-refractivity contribution in [1.82, 2.24) is 15.5 Å². The molecule has 0 spiro atoms. The van der Waals surface area contributed by atoms with Gasteiger partial charge in [-0.05, 0) is 31.2 Å². The van der Waals surface area contributed by atoms with E-state index in [2.05, 4.69) is 15.5 Å². The van der Waals surface area contributed by atoms with Gasteiger partial charge in [0.25, 0.3) is 5.91 Å². The highest BCUT2D eigenvalue weighted by Crippen LogP contribution is 2.29. The number of benzene rings is 2. The molecule has 1 amide bonds. The number of aromatic nitrogens is 2. The van der Waals surface area contributed by atoms with Crippen LogP contribution >= 0.6 is 0 Å². The molecule has 134 valence electrons. The van der Waals surface area contributed by atoms with Gasteiger partial charge in [0.2, 0.25) is 0 Å². The van der Waals surface area contributed by atoms with Crippen molar-refractivity contribution >= 4 is 5.91 Å². The summed E-state index contributed by atoms with van der Waals surface area (Å²) in [4.78, 5) is 12.6. The van der Waals surface area contributed by atoms with E-state index in [9.17, 15) is 4.79 Å². The van der Waals surface area contributed by atoms with Crippen LogP contribution in [0.1, 0.15) is 29.0 Å². The number of nitrogens with zero attached hydrogens (tertiary/aromatic N) is 1. The first-order valence-corrected chi connectivity index (χ1v) is 8.26. The highest BCUT2D eigenvalue weighted by molar-refractivity contribution is 5.93. The zero-order valence-corrected chi connectivity index (χ0v) is 14.9. The molecule has 1 aromatic heterocycles. The molecule has 1 unspecified atom stereocenters. The fraction of sp³-hybridized carbons (Fsp3) is 0.200. The van der Waals surface area contributed by atoms with Gasteiger partial charge in [0.1, 0.15) is 17.2 Å². The average molecular weight is 351 g/mol. The summed E-state index contributed by atoms with van der Waals surface area (Å²) in [6.45, 7) is 1.89. The third-order valence-electron chi connectivity index (χ3n) is 4.14. The quantitative estimate of drug-likeness (QED) is 0.712. The van der Waals surface area contributed by atoms with Crippen LogP contribution in [-0.4, -0.2) is 30.3 Å². The van der Waals surface area contributed by atoms with Crippen molar-refractivity contribution in [3.8, 4) is 22.8 Å². The van der Waals surface area contributed by atoms with Crippen LogP contribution in [0.4, 0.5) is 0 Å². The summed E-state index contributed by atoms with van der Waals surface area (Å²) in [6.07, 6.45) is 0. The predicted molar refractivity (Wildman–Crippen MR) is 99.5 cm³/mol. The molecule has 3 aromatic rings. The number of carbonyl (C=O) groups is 1. The van der Waals surface area contributed by atoms with E-state index in [0.717, 1.165) is 16.8 Å². The van der Waals surface area contributed by atoms with E-state index in [0.29, 0.717) is 17.2 Å². The maximum atomic E-state index is 12.6. The van der Waals surface area contributed by atoms with Gasteiger partial charge in [-0.25, -0.2) is 0 Å². The second kappa shape index (κ2) is 7.74. The fourth-order valence-corrected chi connectivity index (χ4v) is 2.72. The predicted octanol–water partition coefficient (Wildman–Crippen LogP) is 3.58. The molecule has 26 heavy (non-hydrogen) atoms. The van der Waals surface area contributed by atoms with Crippen LogP contribution in [0.3, 0.4) is 0 Å². The molecule has 0 bridgehead atoms. The zero-order valence-electron chi connectivity index (χ0n) is 14.9. The van der Waals surface area contributed by atoms with Crippen LogP contribution in [0.2, 0.25) is 0 Å². The van der Waals surface area contributed by atoms with Crippen LogP contribution in [0.25, 0.3) is 11.3 Å². The van der Waals surface area contributed by atoms with Crippen LogP contribution in [0.15, 0.2) is 54.6 Å². The van der Waals surface area contributed by atoms with E-state index < -0.39 is 0 Å². The molecule has 3 rings (SSSR count). The van der Waals surface area contributed by atoms with E-state index >= 15 is 0 Å². The highest BCUT2D eigenvalue weighted by Gasteiger charge is 2.18. The SMILES string of the molecule is COc1ccc(OC)c(C(C)NC(=O)c2cc(-c3ccccc3)n[nH]2)c1. The first-order valence-electron chi connectivity index (χ1n) is 8.26. The molecule has 1 heterocycles. The molecular weight excluding hydrogens is 330 g/mol. The summed E-state index contributed by atoms with van der Waals surface area (Å²) in [5.41, 5.74) is 2.91. The Bertz CT molecular complexity index is 890. The molecule has 2 N–H and O–H groups in total. The first-order chi connectivity index (χ1) is 12.6. The second-order valence-corrected chi connectivity index (χ2v) is 5.84. The zero-order chi connectivity index (χ0) is 18.5. The summed E-state index contributed by atoms with van der Waals surface area (Å²) >= 11 is 0. The molecule has 6 nitrogen and oxygen atoms in total. The molecule has 0 aliphatic heterocycles. The van der Waals surface area contributed by atoms with E-state index in [1.165, 1.54) is 0 Å². The molecule has 0 fully saturated rings. The van der Waals surface area contributed by atoms with Gasteiger partial charge in [-0.2, -0.15) is 5.10 Å². The number of hydrogen-bond donors (Lipinski definition) is 2. The Balaban J connectivity index is 1.77. The molecule has 0 aliphatic rings. The summed E-state index contributed by atoms with van der Waals surface area (Å²) in [5, 5.41) is 9.97. The lowest BCUT2D eigenvalue weighted by atomic mass is 10.1. The maximum absolute atomic E-state index is 12.6. The summed E-state index contributed by atoms with van der Waals surface area (Å²) in [6, 6.07) is 16.7. The first kappa shape index (κ1) is 17.5. The third-order valence-corrected chi connectivity index (χ3v) is 4.14. The number of nitrogens with one attached hydrogen (secondary N) is 2. The monoisotopic (exact) mass is 351 g/mol. The summed E-state index contributed by atoms with van der Waals surface area (Å²) in [5.74, 6) is 1.15. The maximum Gasteiger partial charge on any atom is 0.269 e. The number of methoxy groups -OCH3 is 2. The van der Waals surface area contributed by atoms with E-state index in [1.807, 2.05) is 55.5 Å². The Morgan fingerprint density at radius 2 is 1.85 bits per heavy atom. The Morgan fingerprint density at radius 1 is 1.08 bits per heavy atom. The fourth-order valence-electron chi connectivity index (χ4n) is 2.72. The number of hydrogen-bond acceptors (Lipinski definition) is 4. The van der Waals surface area contributed by atoms with Crippen molar-refractivity contribution in [1.29, 1.82) is 0 Å². The Morgan fingerprint density at radius 3 is 2.54 bits per heavy atom. The lowest BCUT2D eigenvalue weighted by Gasteiger charge is -2.17. The van der Waals surface area contributed by atoms with Gasteiger partial charge in [-0.3, -0.25) is 9.89 Å². The minimum Gasteiger partial charge on any atom is -0.497 e. The Labute approximate surface area is 152 Å². The van der Waals surface area contributed by atoms with Crippen molar-refractivity contribution in [2.45, 2.75) is 13.0 Å². The normalized spacial score (nSPS) is 11.7. The summed E-state index contributed by atoms with van der Waals surface area (Å²) < 4.78 is 10.7. The van der Waals surface area contributed by atoms with Gasteiger partial charge in [0, 0.05) is 11.1 Å². The number of carbonyl (C=O) groups excluding carboxylic acids is 1. The number of aromatic amines is 1. The number of amides is 1. The third kappa shape index (κ3) is 3.69. The molecular formula is C20H21N3O3. The molecule has 0 saturated carbocycles. The van der Waals surface area contributed by atoms with Gasteiger partial charge in [0.15, 0.2) is 0 Å². The minimum atomic E-state index is -0.268.